The second-order valence-electron chi connectivity index (χ2n) is 1.21. The normalized spacial score (nSPS) is 10.5. The van der Waals surface area contributed by atoms with E-state index in [1.807, 2.05) is 0 Å². The Morgan fingerprint density at radius 1 is 1.38 bits per heavy atom. The molecule has 0 aliphatic carbocycles. The van der Waals surface area contributed by atoms with Gasteiger partial charge in [0.05, 0.1) is 0 Å². The van der Waals surface area contributed by atoms with Gasteiger partial charge in [-0.25, -0.2) is 0 Å². The molecule has 0 rings (SSSR count). The number of nitrogens with one attached hydrogen (secondary N) is 1. The van der Waals surface area contributed by atoms with Crippen LogP contribution in [-0.4, -0.2) is 27.1 Å². The van der Waals surface area contributed by atoms with E-state index < -0.39 is 6.29 Å². The van der Waals surface area contributed by atoms with Gasteiger partial charge < -0.3 is 9.47 Å². The standard InChI is InChI=1S/C4H10NO3/c1-6-4(7-2)3-8-5/h4-5H,3H2,1-2H3. The van der Waals surface area contributed by atoms with E-state index in [0.717, 1.165) is 0 Å². The zero-order chi connectivity index (χ0) is 6.41. The quantitative estimate of drug-likeness (QED) is 0.382. The monoisotopic (exact) mass is 120 g/mol. The fourth-order valence-electron chi connectivity index (χ4n) is 0.300. The van der Waals surface area contributed by atoms with E-state index in [1.165, 1.54) is 14.2 Å². The first-order valence-electron chi connectivity index (χ1n) is 2.19. The molecule has 0 saturated heterocycles. The Morgan fingerprint density at radius 3 is 2.00 bits per heavy atom. The van der Waals surface area contributed by atoms with Crippen LogP contribution in [0.25, 0.3) is 0 Å². The fraction of sp³-hybridized carbons (Fsp3) is 1.00. The third kappa shape index (κ3) is 2.92. The maximum atomic E-state index is 6.28. The van der Waals surface area contributed by atoms with Gasteiger partial charge >= 0.3 is 0 Å². The van der Waals surface area contributed by atoms with Crippen LogP contribution in [0.4, 0.5) is 0 Å². The number of ether oxygens (including phenoxy) is 2. The molecule has 4 nitrogen and oxygen atoms in total. The molecule has 1 N–H and O–H groups in total. The van der Waals surface area contributed by atoms with Gasteiger partial charge in [0.1, 0.15) is 6.61 Å². The van der Waals surface area contributed by atoms with Crippen molar-refractivity contribution in [3.63, 3.8) is 0 Å². The van der Waals surface area contributed by atoms with Crippen molar-refractivity contribution in [3.05, 3.63) is 0 Å². The Kier molecular flexibility index (Phi) is 4.89. The summed E-state index contributed by atoms with van der Waals surface area (Å²) in [6.45, 7) is 0.146. The lowest BCUT2D eigenvalue weighted by molar-refractivity contribution is -0.143. The van der Waals surface area contributed by atoms with Crippen molar-refractivity contribution in [1.29, 1.82) is 0 Å². The lowest BCUT2D eigenvalue weighted by Crippen LogP contribution is -2.19. The first-order chi connectivity index (χ1) is 3.85. The van der Waals surface area contributed by atoms with Gasteiger partial charge in [-0.2, -0.15) is 0 Å². The lowest BCUT2D eigenvalue weighted by Gasteiger charge is -2.09. The fourth-order valence-corrected chi connectivity index (χ4v) is 0.300. The Labute approximate surface area is 48.5 Å². The van der Waals surface area contributed by atoms with E-state index in [4.69, 9.17) is 5.90 Å². The average molecular weight is 120 g/mol. The summed E-state index contributed by atoms with van der Waals surface area (Å²) in [6, 6.07) is 0. The molecule has 0 unspecified atom stereocenters. The molecule has 0 aromatic carbocycles. The van der Waals surface area contributed by atoms with Crippen molar-refractivity contribution in [1.82, 2.24) is 5.90 Å². The van der Waals surface area contributed by atoms with E-state index in [2.05, 4.69) is 14.3 Å². The van der Waals surface area contributed by atoms with Gasteiger partial charge in [-0.1, -0.05) is 0 Å². The number of hydrogen-bond acceptors (Lipinski definition) is 3. The van der Waals surface area contributed by atoms with Gasteiger partial charge in [-0.15, -0.1) is 5.90 Å². The number of hydrogen-bond donors (Lipinski definition) is 0. The Bertz CT molecular complexity index is 46.5. The van der Waals surface area contributed by atoms with Crippen LogP contribution < -0.4 is 5.90 Å². The molecule has 0 atom stereocenters. The molecular weight excluding hydrogens is 110 g/mol. The highest BCUT2D eigenvalue weighted by molar-refractivity contribution is 4.33. The van der Waals surface area contributed by atoms with Crippen LogP contribution >= 0.6 is 0 Å². The van der Waals surface area contributed by atoms with Crippen molar-refractivity contribution in [3.8, 4) is 0 Å². The predicted octanol–water partition coefficient (Wildman–Crippen LogP) is -0.180. The van der Waals surface area contributed by atoms with Crippen molar-refractivity contribution in [2.75, 3.05) is 20.8 Å². The first-order valence-corrected chi connectivity index (χ1v) is 2.19. The maximum Gasteiger partial charge on any atom is 0.182 e. The van der Waals surface area contributed by atoms with E-state index in [9.17, 15) is 0 Å². The van der Waals surface area contributed by atoms with Gasteiger partial charge in [0.15, 0.2) is 6.29 Å². The van der Waals surface area contributed by atoms with Gasteiger partial charge in [0, 0.05) is 14.2 Å². The first kappa shape index (κ1) is 7.84. The van der Waals surface area contributed by atoms with E-state index in [0.29, 0.717) is 0 Å². The molecule has 8 heavy (non-hydrogen) atoms. The molecule has 0 fully saturated rings. The van der Waals surface area contributed by atoms with Gasteiger partial charge in [0.25, 0.3) is 0 Å². The molecule has 0 aliphatic heterocycles. The number of rotatable bonds is 4. The van der Waals surface area contributed by atoms with Crippen molar-refractivity contribution in [2.24, 2.45) is 0 Å². The summed E-state index contributed by atoms with van der Waals surface area (Å²) in [5, 5.41) is 0. The third-order valence-corrected chi connectivity index (χ3v) is 0.745. The molecule has 0 bridgehead atoms. The summed E-state index contributed by atoms with van der Waals surface area (Å²) in [6.07, 6.45) is -0.410. The zero-order valence-corrected chi connectivity index (χ0v) is 5.01. The van der Waals surface area contributed by atoms with Crippen LogP contribution in [0.5, 0.6) is 0 Å². The van der Waals surface area contributed by atoms with E-state index in [1.54, 1.807) is 0 Å². The molecule has 0 aromatic rings. The summed E-state index contributed by atoms with van der Waals surface area (Å²) in [5.41, 5.74) is 0. The summed E-state index contributed by atoms with van der Waals surface area (Å²) < 4.78 is 9.35. The molecule has 0 aliphatic rings. The Hall–Kier alpha value is -0.160. The van der Waals surface area contributed by atoms with Gasteiger partial charge in [0.2, 0.25) is 0 Å². The van der Waals surface area contributed by atoms with Gasteiger partial charge in [-0.3, -0.25) is 4.84 Å². The van der Waals surface area contributed by atoms with Crippen LogP contribution in [0, 0.1) is 0 Å². The lowest BCUT2D eigenvalue weighted by atomic mass is 10.7. The Morgan fingerprint density at radius 2 is 1.88 bits per heavy atom. The minimum Gasteiger partial charge on any atom is -0.353 e. The Balaban J connectivity index is 3.07. The smallest absolute Gasteiger partial charge is 0.182 e. The SMILES string of the molecule is COC(CO[NH])OC. The molecule has 4 heteroatoms. The highest BCUT2D eigenvalue weighted by Gasteiger charge is 2.01. The molecular formula is C4H10NO3. The van der Waals surface area contributed by atoms with Gasteiger partial charge in [-0.05, 0) is 0 Å². The molecule has 0 spiro atoms. The second-order valence-corrected chi connectivity index (χ2v) is 1.21. The van der Waals surface area contributed by atoms with Crippen LogP contribution in [0.2, 0.25) is 0 Å². The van der Waals surface area contributed by atoms with Crippen LogP contribution in [0.3, 0.4) is 0 Å². The molecule has 1 radical (unpaired) electrons. The minimum absolute atomic E-state index is 0.146. The molecule has 0 aromatic heterocycles. The highest BCUT2D eigenvalue weighted by Crippen LogP contribution is 1.88. The topological polar surface area (TPSA) is 51.5 Å². The second kappa shape index (κ2) is 4.99. The maximum absolute atomic E-state index is 6.28. The predicted molar refractivity (Wildman–Crippen MR) is 26.9 cm³/mol. The van der Waals surface area contributed by atoms with Crippen molar-refractivity contribution in [2.45, 2.75) is 6.29 Å². The zero-order valence-electron chi connectivity index (χ0n) is 5.01. The van der Waals surface area contributed by atoms with Crippen LogP contribution in [-0.2, 0) is 14.3 Å². The molecule has 49 valence electrons. The summed E-state index contributed by atoms with van der Waals surface area (Å²) in [7, 11) is 2.99. The summed E-state index contributed by atoms with van der Waals surface area (Å²) in [5.74, 6) is 6.28. The molecule has 0 saturated carbocycles. The third-order valence-electron chi connectivity index (χ3n) is 0.745. The minimum atomic E-state index is -0.410. The van der Waals surface area contributed by atoms with Crippen LogP contribution in [0.1, 0.15) is 0 Å². The molecule has 0 heterocycles. The summed E-state index contributed by atoms with van der Waals surface area (Å²) in [4.78, 5) is 3.99. The van der Waals surface area contributed by atoms with Crippen molar-refractivity contribution < 1.29 is 14.3 Å². The molecule has 0 amide bonds. The van der Waals surface area contributed by atoms with E-state index in [-0.39, 0.29) is 6.61 Å². The van der Waals surface area contributed by atoms with Crippen molar-refractivity contribution >= 4 is 0 Å². The highest BCUT2D eigenvalue weighted by atomic mass is 16.7. The average Bonchev–Trinajstić information content (AvgIpc) is 1.83. The van der Waals surface area contributed by atoms with Crippen LogP contribution in [0.15, 0.2) is 0 Å². The largest absolute Gasteiger partial charge is 0.353 e. The summed E-state index contributed by atoms with van der Waals surface area (Å²) >= 11 is 0. The van der Waals surface area contributed by atoms with E-state index >= 15 is 0 Å². The number of methoxy groups -OCH3 is 2.